The van der Waals surface area contributed by atoms with Crippen LogP contribution in [-0.2, 0) is 4.74 Å². The molecule has 0 radical (unpaired) electrons. The molecule has 0 amide bonds. The van der Waals surface area contributed by atoms with Crippen LogP contribution in [0.25, 0.3) is 0 Å². The van der Waals surface area contributed by atoms with Crippen molar-refractivity contribution in [2.24, 2.45) is 0 Å². The minimum Gasteiger partial charge on any atom is -0.375 e. The molecule has 1 rings (SSSR count). The largest absolute Gasteiger partial charge is 0.375 e. The van der Waals surface area contributed by atoms with E-state index in [2.05, 4.69) is 4.74 Å². The van der Waals surface area contributed by atoms with Gasteiger partial charge >= 0.3 is 0 Å². The van der Waals surface area contributed by atoms with Crippen LogP contribution in [0.2, 0.25) is 0 Å². The van der Waals surface area contributed by atoms with Gasteiger partial charge in [-0.05, 0) is 12.5 Å². The molecule has 0 N–H and O–H groups in total. The Hall–Kier alpha value is -0.440. The van der Waals surface area contributed by atoms with Crippen LogP contribution in [0.5, 0.6) is 0 Å². The molecule has 0 aromatic carbocycles. The zero-order chi connectivity index (χ0) is 6.74. The van der Waals surface area contributed by atoms with Crippen LogP contribution in [0, 0.1) is 0 Å². The Morgan fingerprint density at radius 1 is 1.44 bits per heavy atom. The van der Waals surface area contributed by atoms with Gasteiger partial charge in [-0.2, -0.15) is 8.78 Å². The van der Waals surface area contributed by atoms with Gasteiger partial charge in [-0.1, -0.05) is 6.08 Å². The summed E-state index contributed by atoms with van der Waals surface area (Å²) in [6.45, 7) is -0.0599. The molecule has 0 aromatic rings. The molecular formula is C6H8F2O. The van der Waals surface area contributed by atoms with Crippen LogP contribution >= 0.6 is 0 Å². The lowest BCUT2D eigenvalue weighted by atomic mass is 10.3. The molecule has 0 saturated carbocycles. The van der Waals surface area contributed by atoms with Crippen LogP contribution in [0.1, 0.15) is 6.42 Å². The molecule has 52 valence electrons. The van der Waals surface area contributed by atoms with Crippen LogP contribution < -0.4 is 0 Å². The van der Waals surface area contributed by atoms with Gasteiger partial charge in [0.15, 0.2) is 0 Å². The van der Waals surface area contributed by atoms with Crippen molar-refractivity contribution in [3.05, 3.63) is 12.2 Å². The second kappa shape index (κ2) is 2.43. The number of hydrogen-bond acceptors (Lipinski definition) is 1. The zero-order valence-electron chi connectivity index (χ0n) is 4.94. The lowest BCUT2D eigenvalue weighted by molar-refractivity contribution is -0.0337. The quantitative estimate of drug-likeness (QED) is 0.457. The number of halogens is 2. The SMILES string of the molecule is FC1(F)C=CCCOC1. The molecule has 0 unspecified atom stereocenters. The Labute approximate surface area is 52.3 Å². The van der Waals surface area contributed by atoms with Crippen LogP contribution in [0.3, 0.4) is 0 Å². The highest BCUT2D eigenvalue weighted by molar-refractivity contribution is 4.96. The Kier molecular flexibility index (Phi) is 1.81. The first-order chi connectivity index (χ1) is 4.21. The van der Waals surface area contributed by atoms with Crippen molar-refractivity contribution in [2.75, 3.05) is 13.2 Å². The molecule has 1 aliphatic heterocycles. The summed E-state index contributed by atoms with van der Waals surface area (Å²) in [5.41, 5.74) is 0. The fourth-order valence-corrected chi connectivity index (χ4v) is 0.663. The molecule has 0 atom stereocenters. The molecule has 0 bridgehead atoms. The van der Waals surface area contributed by atoms with E-state index in [-0.39, 0.29) is 0 Å². The molecule has 0 saturated heterocycles. The lowest BCUT2D eigenvalue weighted by Crippen LogP contribution is -2.18. The summed E-state index contributed by atoms with van der Waals surface area (Å²) in [6.07, 6.45) is 2.95. The second-order valence-corrected chi connectivity index (χ2v) is 2.00. The summed E-state index contributed by atoms with van der Waals surface area (Å²) in [6, 6.07) is 0. The van der Waals surface area contributed by atoms with E-state index in [9.17, 15) is 8.78 Å². The predicted octanol–water partition coefficient (Wildman–Crippen LogP) is 1.60. The van der Waals surface area contributed by atoms with Crippen LogP contribution in [-0.4, -0.2) is 19.1 Å². The Morgan fingerprint density at radius 2 is 2.22 bits per heavy atom. The zero-order valence-corrected chi connectivity index (χ0v) is 4.94. The first kappa shape index (κ1) is 6.68. The van der Waals surface area contributed by atoms with Crippen LogP contribution in [0.15, 0.2) is 12.2 Å². The van der Waals surface area contributed by atoms with Crippen molar-refractivity contribution in [2.45, 2.75) is 12.3 Å². The van der Waals surface area contributed by atoms with Gasteiger partial charge in [0.25, 0.3) is 5.92 Å². The summed E-state index contributed by atoms with van der Waals surface area (Å²) >= 11 is 0. The van der Waals surface area contributed by atoms with Gasteiger partial charge in [-0.15, -0.1) is 0 Å². The lowest BCUT2D eigenvalue weighted by Gasteiger charge is -2.07. The van der Waals surface area contributed by atoms with Gasteiger partial charge in [0.1, 0.15) is 6.61 Å². The Bertz CT molecular complexity index is 120. The molecule has 9 heavy (non-hydrogen) atoms. The minimum absolute atomic E-state index is 0.409. The average Bonchev–Trinajstić information content (AvgIpc) is 1.92. The van der Waals surface area contributed by atoms with Crippen molar-refractivity contribution in [1.29, 1.82) is 0 Å². The fourth-order valence-electron chi connectivity index (χ4n) is 0.663. The van der Waals surface area contributed by atoms with Gasteiger partial charge < -0.3 is 4.74 Å². The van der Waals surface area contributed by atoms with Crippen molar-refractivity contribution in [1.82, 2.24) is 0 Å². The van der Waals surface area contributed by atoms with Crippen molar-refractivity contribution in [3.8, 4) is 0 Å². The third kappa shape index (κ3) is 2.10. The van der Waals surface area contributed by atoms with Crippen LogP contribution in [0.4, 0.5) is 8.78 Å². The average molecular weight is 134 g/mol. The molecule has 0 aromatic heterocycles. The normalized spacial score (nSPS) is 25.6. The fraction of sp³-hybridized carbons (Fsp3) is 0.667. The smallest absolute Gasteiger partial charge is 0.289 e. The molecule has 0 fully saturated rings. The third-order valence-electron chi connectivity index (χ3n) is 1.09. The maximum absolute atomic E-state index is 12.3. The van der Waals surface area contributed by atoms with Crippen molar-refractivity contribution in [3.63, 3.8) is 0 Å². The van der Waals surface area contributed by atoms with E-state index < -0.39 is 12.5 Å². The summed E-state index contributed by atoms with van der Waals surface area (Å²) in [5, 5.41) is 0. The van der Waals surface area contributed by atoms with Gasteiger partial charge in [0, 0.05) is 0 Å². The number of hydrogen-bond donors (Lipinski definition) is 0. The van der Waals surface area contributed by atoms with Gasteiger partial charge in [0.2, 0.25) is 0 Å². The molecule has 1 nitrogen and oxygen atoms in total. The number of ether oxygens (including phenoxy) is 1. The van der Waals surface area contributed by atoms with E-state index in [4.69, 9.17) is 0 Å². The second-order valence-electron chi connectivity index (χ2n) is 2.00. The monoisotopic (exact) mass is 134 g/mol. The molecule has 0 spiro atoms. The molecular weight excluding hydrogens is 126 g/mol. The van der Waals surface area contributed by atoms with Gasteiger partial charge in [-0.25, -0.2) is 0 Å². The standard InChI is InChI=1S/C6H8F2O/c7-6(8)3-1-2-4-9-5-6/h1,3H,2,4-5H2. The summed E-state index contributed by atoms with van der Waals surface area (Å²) < 4.78 is 29.1. The van der Waals surface area contributed by atoms with E-state index in [0.29, 0.717) is 13.0 Å². The molecule has 1 aliphatic rings. The molecule has 3 heteroatoms. The number of alkyl halides is 2. The Balaban J connectivity index is 2.52. The Morgan fingerprint density at radius 3 is 3.00 bits per heavy atom. The van der Waals surface area contributed by atoms with E-state index in [1.165, 1.54) is 6.08 Å². The third-order valence-corrected chi connectivity index (χ3v) is 1.09. The minimum atomic E-state index is -2.74. The first-order valence-corrected chi connectivity index (χ1v) is 2.84. The van der Waals surface area contributed by atoms with E-state index in [1.807, 2.05) is 0 Å². The summed E-state index contributed by atoms with van der Waals surface area (Å²) in [7, 11) is 0. The van der Waals surface area contributed by atoms with Gasteiger partial charge in [0.05, 0.1) is 6.61 Å². The summed E-state index contributed by atoms with van der Waals surface area (Å²) in [4.78, 5) is 0. The molecule has 0 aliphatic carbocycles. The van der Waals surface area contributed by atoms with E-state index in [0.717, 1.165) is 6.08 Å². The van der Waals surface area contributed by atoms with E-state index >= 15 is 0 Å². The molecule has 1 heterocycles. The number of rotatable bonds is 0. The highest BCUT2D eigenvalue weighted by atomic mass is 19.3. The van der Waals surface area contributed by atoms with Crippen molar-refractivity contribution >= 4 is 0 Å². The topological polar surface area (TPSA) is 9.23 Å². The van der Waals surface area contributed by atoms with E-state index in [1.54, 1.807) is 0 Å². The highest BCUT2D eigenvalue weighted by Gasteiger charge is 2.25. The highest BCUT2D eigenvalue weighted by Crippen LogP contribution is 2.17. The maximum atomic E-state index is 12.3. The summed E-state index contributed by atoms with van der Waals surface area (Å²) in [5.74, 6) is -2.74. The predicted molar refractivity (Wildman–Crippen MR) is 29.5 cm³/mol. The first-order valence-electron chi connectivity index (χ1n) is 2.84. The maximum Gasteiger partial charge on any atom is 0.289 e. The van der Waals surface area contributed by atoms with Crippen molar-refractivity contribution < 1.29 is 13.5 Å². The van der Waals surface area contributed by atoms with Gasteiger partial charge in [-0.3, -0.25) is 0 Å².